The van der Waals surface area contributed by atoms with Crippen LogP contribution in [0.1, 0.15) is 41.3 Å². The SMILES string of the molecule is CCCNC(c1nc(C)cs1)c1cnn(C)c1C. The second kappa shape index (κ2) is 5.63. The lowest BCUT2D eigenvalue weighted by Gasteiger charge is -2.16. The van der Waals surface area contributed by atoms with Crippen molar-refractivity contribution < 1.29 is 0 Å². The number of hydrogen-bond donors (Lipinski definition) is 1. The van der Waals surface area contributed by atoms with Crippen LogP contribution in [0.3, 0.4) is 0 Å². The molecule has 0 saturated heterocycles. The van der Waals surface area contributed by atoms with Crippen molar-refractivity contribution in [2.75, 3.05) is 6.54 Å². The Labute approximate surface area is 112 Å². The largest absolute Gasteiger partial charge is 0.304 e. The lowest BCUT2D eigenvalue weighted by molar-refractivity contribution is 0.591. The van der Waals surface area contributed by atoms with E-state index in [1.165, 1.54) is 11.3 Å². The van der Waals surface area contributed by atoms with Crippen LogP contribution in [0.25, 0.3) is 0 Å². The molecule has 0 aliphatic heterocycles. The summed E-state index contributed by atoms with van der Waals surface area (Å²) in [7, 11) is 1.98. The molecular weight excluding hydrogens is 244 g/mol. The van der Waals surface area contributed by atoms with Gasteiger partial charge in [0.15, 0.2) is 0 Å². The lowest BCUT2D eigenvalue weighted by Crippen LogP contribution is -2.23. The molecule has 1 atom stereocenters. The summed E-state index contributed by atoms with van der Waals surface area (Å²) in [5.41, 5.74) is 3.50. The number of aryl methyl sites for hydroxylation is 2. The molecule has 1 unspecified atom stereocenters. The van der Waals surface area contributed by atoms with E-state index in [1.807, 2.05) is 24.9 Å². The summed E-state index contributed by atoms with van der Waals surface area (Å²) in [6.45, 7) is 7.29. The van der Waals surface area contributed by atoms with Crippen molar-refractivity contribution in [3.8, 4) is 0 Å². The highest BCUT2D eigenvalue weighted by Gasteiger charge is 2.20. The fourth-order valence-corrected chi connectivity index (χ4v) is 2.81. The van der Waals surface area contributed by atoms with E-state index >= 15 is 0 Å². The fourth-order valence-electron chi connectivity index (χ4n) is 1.92. The number of rotatable bonds is 5. The molecule has 2 heterocycles. The van der Waals surface area contributed by atoms with Crippen LogP contribution in [0.4, 0.5) is 0 Å². The summed E-state index contributed by atoms with van der Waals surface area (Å²) < 4.78 is 1.91. The van der Waals surface area contributed by atoms with E-state index < -0.39 is 0 Å². The summed E-state index contributed by atoms with van der Waals surface area (Å²) in [5.74, 6) is 0. The predicted molar refractivity (Wildman–Crippen MR) is 74.9 cm³/mol. The second-order valence-electron chi connectivity index (χ2n) is 4.52. The molecule has 0 spiro atoms. The van der Waals surface area contributed by atoms with Crippen molar-refractivity contribution in [2.24, 2.45) is 7.05 Å². The molecule has 0 aliphatic rings. The van der Waals surface area contributed by atoms with Gasteiger partial charge in [0.1, 0.15) is 5.01 Å². The first-order chi connectivity index (χ1) is 8.63. The summed E-state index contributed by atoms with van der Waals surface area (Å²) >= 11 is 1.71. The highest BCUT2D eigenvalue weighted by Crippen LogP contribution is 2.27. The molecule has 98 valence electrons. The molecule has 0 fully saturated rings. The topological polar surface area (TPSA) is 42.7 Å². The van der Waals surface area contributed by atoms with Crippen molar-refractivity contribution in [3.63, 3.8) is 0 Å². The van der Waals surface area contributed by atoms with Crippen LogP contribution in [0.5, 0.6) is 0 Å². The average Bonchev–Trinajstić information content (AvgIpc) is 2.90. The Balaban J connectivity index is 2.33. The normalized spacial score (nSPS) is 12.9. The standard InChI is InChI=1S/C13H20N4S/c1-5-6-14-12(13-16-9(2)8-18-13)11-7-15-17(4)10(11)3/h7-8,12,14H,5-6H2,1-4H3. The van der Waals surface area contributed by atoms with Gasteiger partial charge in [0.2, 0.25) is 0 Å². The zero-order valence-corrected chi connectivity index (χ0v) is 12.2. The van der Waals surface area contributed by atoms with E-state index in [2.05, 4.69) is 34.6 Å². The predicted octanol–water partition coefficient (Wildman–Crippen LogP) is 2.58. The summed E-state index contributed by atoms with van der Waals surface area (Å²) in [5, 5.41) is 11.1. The van der Waals surface area contributed by atoms with Crippen molar-refractivity contribution >= 4 is 11.3 Å². The quantitative estimate of drug-likeness (QED) is 0.902. The maximum atomic E-state index is 4.61. The molecule has 5 heteroatoms. The first-order valence-corrected chi connectivity index (χ1v) is 7.15. The third-order valence-corrected chi connectivity index (χ3v) is 4.09. The Bertz CT molecular complexity index is 515. The first-order valence-electron chi connectivity index (χ1n) is 6.27. The van der Waals surface area contributed by atoms with Gasteiger partial charge in [0.05, 0.1) is 12.2 Å². The molecule has 1 N–H and O–H groups in total. The van der Waals surface area contributed by atoms with E-state index in [1.54, 1.807) is 11.3 Å². The lowest BCUT2D eigenvalue weighted by atomic mass is 10.1. The van der Waals surface area contributed by atoms with Crippen LogP contribution in [-0.2, 0) is 7.05 Å². The zero-order chi connectivity index (χ0) is 13.1. The Hall–Kier alpha value is -1.20. The van der Waals surface area contributed by atoms with Crippen LogP contribution in [0.15, 0.2) is 11.6 Å². The van der Waals surface area contributed by atoms with Gasteiger partial charge >= 0.3 is 0 Å². The van der Waals surface area contributed by atoms with Crippen molar-refractivity contribution in [3.05, 3.63) is 33.5 Å². The van der Waals surface area contributed by atoms with E-state index in [9.17, 15) is 0 Å². The fraction of sp³-hybridized carbons (Fsp3) is 0.538. The van der Waals surface area contributed by atoms with Crippen molar-refractivity contribution in [1.82, 2.24) is 20.1 Å². The van der Waals surface area contributed by atoms with E-state index in [-0.39, 0.29) is 6.04 Å². The summed E-state index contributed by atoms with van der Waals surface area (Å²) in [4.78, 5) is 4.61. The molecule has 2 aromatic rings. The first kappa shape index (κ1) is 13.2. The molecule has 0 radical (unpaired) electrons. The number of thiazole rings is 1. The zero-order valence-electron chi connectivity index (χ0n) is 11.4. The third-order valence-electron chi connectivity index (χ3n) is 3.07. The molecule has 0 bridgehead atoms. The maximum Gasteiger partial charge on any atom is 0.115 e. The smallest absolute Gasteiger partial charge is 0.115 e. The monoisotopic (exact) mass is 264 g/mol. The Morgan fingerprint density at radius 1 is 1.44 bits per heavy atom. The van der Waals surface area contributed by atoms with Gasteiger partial charge in [-0.2, -0.15) is 5.10 Å². The number of aromatic nitrogens is 3. The third kappa shape index (κ3) is 2.62. The number of hydrogen-bond acceptors (Lipinski definition) is 4. The van der Waals surface area contributed by atoms with Crippen molar-refractivity contribution in [1.29, 1.82) is 0 Å². The highest BCUT2D eigenvalue weighted by atomic mass is 32.1. The molecule has 2 rings (SSSR count). The van der Waals surface area contributed by atoms with Crippen LogP contribution in [0.2, 0.25) is 0 Å². The molecule has 18 heavy (non-hydrogen) atoms. The molecular formula is C13H20N4S. The number of nitrogens with one attached hydrogen (secondary N) is 1. The van der Waals surface area contributed by atoms with Gasteiger partial charge in [-0.15, -0.1) is 11.3 Å². The Morgan fingerprint density at radius 3 is 2.72 bits per heavy atom. The van der Waals surface area contributed by atoms with Crippen LogP contribution in [-0.4, -0.2) is 21.3 Å². The highest BCUT2D eigenvalue weighted by molar-refractivity contribution is 7.09. The Kier molecular flexibility index (Phi) is 4.14. The van der Waals surface area contributed by atoms with Crippen molar-refractivity contribution in [2.45, 2.75) is 33.2 Å². The maximum absolute atomic E-state index is 4.61. The molecule has 0 aromatic carbocycles. The van der Waals surface area contributed by atoms with Gasteiger partial charge in [0.25, 0.3) is 0 Å². The summed E-state index contributed by atoms with van der Waals surface area (Å²) in [6.07, 6.45) is 3.06. The van der Waals surface area contributed by atoms with Gasteiger partial charge in [-0.05, 0) is 26.8 Å². The minimum atomic E-state index is 0.164. The van der Waals surface area contributed by atoms with Gasteiger partial charge in [-0.3, -0.25) is 4.68 Å². The van der Waals surface area contributed by atoms with Crippen LogP contribution in [0, 0.1) is 13.8 Å². The van der Waals surface area contributed by atoms with E-state index in [4.69, 9.17) is 0 Å². The summed E-state index contributed by atoms with van der Waals surface area (Å²) in [6, 6.07) is 0.164. The Morgan fingerprint density at radius 2 is 2.22 bits per heavy atom. The van der Waals surface area contributed by atoms with Gasteiger partial charge in [-0.1, -0.05) is 6.92 Å². The van der Waals surface area contributed by atoms with Gasteiger partial charge in [-0.25, -0.2) is 4.98 Å². The van der Waals surface area contributed by atoms with Gasteiger partial charge in [0, 0.05) is 29.4 Å². The van der Waals surface area contributed by atoms with Crippen LogP contribution >= 0.6 is 11.3 Å². The second-order valence-corrected chi connectivity index (χ2v) is 5.41. The molecule has 0 aliphatic carbocycles. The molecule has 0 saturated carbocycles. The van der Waals surface area contributed by atoms with E-state index in [0.29, 0.717) is 0 Å². The molecule has 2 aromatic heterocycles. The molecule has 4 nitrogen and oxygen atoms in total. The average molecular weight is 264 g/mol. The van der Waals surface area contributed by atoms with E-state index in [0.717, 1.165) is 23.7 Å². The number of nitrogens with zero attached hydrogens (tertiary/aromatic N) is 3. The minimum Gasteiger partial charge on any atom is -0.304 e. The van der Waals surface area contributed by atoms with Crippen LogP contribution < -0.4 is 5.32 Å². The molecule has 0 amide bonds. The van der Waals surface area contributed by atoms with Gasteiger partial charge < -0.3 is 5.32 Å². The minimum absolute atomic E-state index is 0.164.